The van der Waals surface area contributed by atoms with Crippen LogP contribution in [0.15, 0.2) is 52.5 Å². The highest BCUT2D eigenvalue weighted by atomic mass is 32.2. The number of amides is 1. The van der Waals surface area contributed by atoms with E-state index in [1.165, 1.54) is 31.5 Å². The number of nitrogens with zero attached hydrogens (tertiary/aromatic N) is 4. The minimum atomic E-state index is -0.0948. The molecule has 0 bridgehead atoms. The summed E-state index contributed by atoms with van der Waals surface area (Å²) in [7, 11) is 1.65. The summed E-state index contributed by atoms with van der Waals surface area (Å²) in [5, 5.41) is 14.4. The van der Waals surface area contributed by atoms with Gasteiger partial charge in [0, 0.05) is 54.6 Å². The number of aromatic amines is 1. The molecule has 1 fully saturated rings. The molecule has 0 saturated heterocycles. The largest absolute Gasteiger partial charge is 0.378 e. The lowest BCUT2D eigenvalue weighted by Crippen LogP contribution is -2.05. The number of hydrogen-bond acceptors (Lipinski definition) is 7. The third kappa shape index (κ3) is 4.61. The maximum absolute atomic E-state index is 11.2. The second kappa shape index (κ2) is 8.64. The van der Waals surface area contributed by atoms with Crippen LogP contribution in [0.25, 0.3) is 5.65 Å². The Bertz CT molecular complexity index is 1260. The lowest BCUT2D eigenvalue weighted by Gasteiger charge is -2.09. The zero-order chi connectivity index (χ0) is 22.1. The maximum Gasteiger partial charge on any atom is 0.221 e. The monoisotopic (exact) mass is 449 g/mol. The number of aromatic nitrogens is 5. The first-order valence-corrected chi connectivity index (χ1v) is 11.1. The van der Waals surface area contributed by atoms with E-state index in [0.717, 1.165) is 38.5 Å². The van der Waals surface area contributed by atoms with Crippen LogP contribution < -0.4 is 10.6 Å². The molecule has 32 heavy (non-hydrogen) atoms. The molecule has 1 saturated carbocycles. The van der Waals surface area contributed by atoms with Crippen LogP contribution in [-0.4, -0.2) is 37.6 Å². The average Bonchev–Trinajstić information content (AvgIpc) is 3.36. The highest BCUT2D eigenvalue weighted by Gasteiger charge is 2.25. The van der Waals surface area contributed by atoms with Crippen molar-refractivity contribution < 1.29 is 9.53 Å². The normalized spacial score (nSPS) is 13.4. The second-order valence-electron chi connectivity index (χ2n) is 7.73. The number of hydrogen-bond donors (Lipinski definition) is 3. The Labute approximate surface area is 189 Å². The SMILES string of the molecule is COCc1cn2c(Nc3cc(C4CC4)[nH]n3)nc(Sc3ccc(NC(C)=O)cc3)cc2n1. The molecule has 0 unspecified atom stereocenters. The van der Waals surface area contributed by atoms with Crippen molar-refractivity contribution in [3.63, 3.8) is 0 Å². The third-order valence-corrected chi connectivity index (χ3v) is 5.95. The lowest BCUT2D eigenvalue weighted by molar-refractivity contribution is -0.114. The standard InChI is InChI=1S/C22H23N7O2S/c1-13(30)23-15-5-7-17(8-6-15)32-21-10-20-24-16(12-31-2)11-29(20)22(26-21)25-19-9-18(27-28-19)14-3-4-14/h5-11,14H,3-4,12H2,1-2H3,(H,23,30)(H2,25,26,27,28). The number of benzene rings is 1. The van der Waals surface area contributed by atoms with E-state index in [2.05, 4.69) is 25.8 Å². The van der Waals surface area contributed by atoms with Crippen LogP contribution in [0, 0.1) is 0 Å². The number of ether oxygens (including phenoxy) is 1. The molecule has 164 valence electrons. The van der Waals surface area contributed by atoms with Crippen molar-refractivity contribution >= 4 is 40.8 Å². The molecule has 1 amide bonds. The molecule has 4 aromatic rings. The van der Waals surface area contributed by atoms with Crippen LogP contribution in [-0.2, 0) is 16.1 Å². The molecule has 1 aliphatic carbocycles. The number of nitrogens with one attached hydrogen (secondary N) is 3. The Balaban J connectivity index is 1.44. The van der Waals surface area contributed by atoms with Crippen LogP contribution in [0.5, 0.6) is 0 Å². The quantitative estimate of drug-likeness (QED) is 0.344. The number of fused-ring (bicyclic) bond motifs is 1. The molecular weight excluding hydrogens is 426 g/mol. The molecule has 9 nitrogen and oxygen atoms in total. The summed E-state index contributed by atoms with van der Waals surface area (Å²) in [4.78, 5) is 21.7. The van der Waals surface area contributed by atoms with Gasteiger partial charge in [-0.3, -0.25) is 14.3 Å². The van der Waals surface area contributed by atoms with Crippen LogP contribution in [0.3, 0.4) is 0 Å². The number of imidazole rings is 1. The Morgan fingerprint density at radius 1 is 1.25 bits per heavy atom. The van der Waals surface area contributed by atoms with Crippen molar-refractivity contribution in [2.24, 2.45) is 0 Å². The van der Waals surface area contributed by atoms with Crippen molar-refractivity contribution in [3.05, 3.63) is 54.0 Å². The molecule has 0 radical (unpaired) electrons. The van der Waals surface area contributed by atoms with Gasteiger partial charge in [-0.1, -0.05) is 11.8 Å². The molecule has 3 N–H and O–H groups in total. The number of carbonyl (C=O) groups is 1. The average molecular weight is 450 g/mol. The van der Waals surface area contributed by atoms with E-state index in [1.54, 1.807) is 7.11 Å². The zero-order valence-electron chi connectivity index (χ0n) is 17.8. The summed E-state index contributed by atoms with van der Waals surface area (Å²) in [6, 6.07) is 11.6. The number of methoxy groups -OCH3 is 1. The van der Waals surface area contributed by atoms with E-state index in [0.29, 0.717) is 18.5 Å². The fourth-order valence-electron chi connectivity index (χ4n) is 3.42. The minimum absolute atomic E-state index is 0.0948. The number of anilines is 3. The van der Waals surface area contributed by atoms with E-state index in [1.807, 2.05) is 47.0 Å². The lowest BCUT2D eigenvalue weighted by atomic mass is 10.3. The van der Waals surface area contributed by atoms with Crippen molar-refractivity contribution in [1.29, 1.82) is 0 Å². The zero-order valence-corrected chi connectivity index (χ0v) is 18.6. The topological polar surface area (TPSA) is 109 Å². The van der Waals surface area contributed by atoms with Crippen molar-refractivity contribution in [3.8, 4) is 0 Å². The van der Waals surface area contributed by atoms with Crippen molar-refractivity contribution in [1.82, 2.24) is 24.6 Å². The Kier molecular flexibility index (Phi) is 5.54. The summed E-state index contributed by atoms with van der Waals surface area (Å²) in [5.74, 6) is 1.85. The Hall–Kier alpha value is -3.37. The Morgan fingerprint density at radius 3 is 2.78 bits per heavy atom. The highest BCUT2D eigenvalue weighted by molar-refractivity contribution is 7.99. The predicted molar refractivity (Wildman–Crippen MR) is 122 cm³/mol. The van der Waals surface area contributed by atoms with E-state index < -0.39 is 0 Å². The number of H-pyrrole nitrogens is 1. The molecule has 3 heterocycles. The molecular formula is C22H23N7O2S. The summed E-state index contributed by atoms with van der Waals surface area (Å²) >= 11 is 1.52. The van der Waals surface area contributed by atoms with E-state index in [4.69, 9.17) is 9.72 Å². The predicted octanol–water partition coefficient (Wildman–Crippen LogP) is 4.33. The van der Waals surface area contributed by atoms with Crippen LogP contribution >= 0.6 is 11.8 Å². The Morgan fingerprint density at radius 2 is 2.06 bits per heavy atom. The fraction of sp³-hybridized carbons (Fsp3) is 0.273. The molecule has 1 aromatic carbocycles. The number of carbonyl (C=O) groups excluding carboxylic acids is 1. The first-order valence-electron chi connectivity index (χ1n) is 10.3. The smallest absolute Gasteiger partial charge is 0.221 e. The summed E-state index contributed by atoms with van der Waals surface area (Å²) in [6.45, 7) is 1.91. The van der Waals surface area contributed by atoms with Gasteiger partial charge in [-0.25, -0.2) is 9.97 Å². The molecule has 10 heteroatoms. The minimum Gasteiger partial charge on any atom is -0.378 e. The van der Waals surface area contributed by atoms with Gasteiger partial charge >= 0.3 is 0 Å². The summed E-state index contributed by atoms with van der Waals surface area (Å²) in [6.07, 6.45) is 4.33. The van der Waals surface area contributed by atoms with Gasteiger partial charge in [0.05, 0.1) is 12.3 Å². The van der Waals surface area contributed by atoms with Gasteiger partial charge in [0.25, 0.3) is 0 Å². The first kappa shape index (κ1) is 20.5. The highest BCUT2D eigenvalue weighted by Crippen LogP contribution is 2.39. The molecule has 0 aliphatic heterocycles. The van der Waals surface area contributed by atoms with E-state index in [-0.39, 0.29) is 5.91 Å². The van der Waals surface area contributed by atoms with Crippen LogP contribution in [0.2, 0.25) is 0 Å². The van der Waals surface area contributed by atoms with Crippen LogP contribution in [0.4, 0.5) is 17.5 Å². The number of rotatable bonds is 8. The van der Waals surface area contributed by atoms with Crippen molar-refractivity contribution in [2.45, 2.75) is 42.2 Å². The van der Waals surface area contributed by atoms with E-state index >= 15 is 0 Å². The van der Waals surface area contributed by atoms with Gasteiger partial charge < -0.3 is 15.4 Å². The maximum atomic E-state index is 11.2. The van der Waals surface area contributed by atoms with Gasteiger partial charge in [-0.05, 0) is 37.1 Å². The van der Waals surface area contributed by atoms with Gasteiger partial charge in [-0.15, -0.1) is 0 Å². The van der Waals surface area contributed by atoms with Gasteiger partial charge in [0.2, 0.25) is 11.9 Å². The van der Waals surface area contributed by atoms with Gasteiger partial charge in [0.15, 0.2) is 5.82 Å². The summed E-state index contributed by atoms with van der Waals surface area (Å²) < 4.78 is 7.15. The fourth-order valence-corrected chi connectivity index (χ4v) is 4.23. The second-order valence-corrected chi connectivity index (χ2v) is 8.82. The molecule has 3 aromatic heterocycles. The molecule has 0 spiro atoms. The summed E-state index contributed by atoms with van der Waals surface area (Å²) in [5.41, 5.74) is 3.50. The molecule has 1 aliphatic rings. The first-order chi connectivity index (χ1) is 15.6. The molecule has 0 atom stereocenters. The molecule has 5 rings (SSSR count). The van der Waals surface area contributed by atoms with Crippen molar-refractivity contribution in [2.75, 3.05) is 17.7 Å². The van der Waals surface area contributed by atoms with E-state index in [9.17, 15) is 4.79 Å². The van der Waals surface area contributed by atoms with Gasteiger partial charge in [0.1, 0.15) is 10.7 Å². The third-order valence-electron chi connectivity index (χ3n) is 5.02. The van der Waals surface area contributed by atoms with Crippen LogP contribution in [0.1, 0.15) is 37.1 Å². The van der Waals surface area contributed by atoms with Gasteiger partial charge in [-0.2, -0.15) is 5.10 Å².